The first-order chi connectivity index (χ1) is 9.99. The summed E-state index contributed by atoms with van der Waals surface area (Å²) in [6, 6.07) is 2.39. The fraction of sp³-hybridized carbons (Fsp3) is 0.714. The Bertz CT molecular complexity index is 630. The molecule has 1 aliphatic heterocycles. The molecule has 1 aliphatic carbocycles. The number of hydrogen-bond donors (Lipinski definition) is 0. The molecular formula is C21H32O. The number of benzene rings is 1. The molecule has 0 amide bonds. The van der Waals surface area contributed by atoms with Gasteiger partial charge in [-0.3, -0.25) is 0 Å². The first kappa shape index (κ1) is 16.1. The zero-order chi connectivity index (χ0) is 16.7. The second-order valence-electron chi connectivity index (χ2n) is 9.11. The van der Waals surface area contributed by atoms with E-state index in [4.69, 9.17) is 4.74 Å². The molecule has 122 valence electrons. The van der Waals surface area contributed by atoms with Crippen LogP contribution < -0.4 is 0 Å². The molecule has 1 fully saturated rings. The van der Waals surface area contributed by atoms with Crippen molar-refractivity contribution in [2.24, 2.45) is 11.3 Å². The summed E-state index contributed by atoms with van der Waals surface area (Å²) < 4.78 is 6.24. The van der Waals surface area contributed by atoms with Gasteiger partial charge in [-0.05, 0) is 60.4 Å². The van der Waals surface area contributed by atoms with E-state index in [1.807, 2.05) is 0 Å². The van der Waals surface area contributed by atoms with Gasteiger partial charge in [0.05, 0.1) is 6.61 Å². The van der Waals surface area contributed by atoms with Gasteiger partial charge in [0.1, 0.15) is 5.60 Å². The minimum atomic E-state index is -0.00701. The summed E-state index contributed by atoms with van der Waals surface area (Å²) >= 11 is 0. The van der Waals surface area contributed by atoms with E-state index in [2.05, 4.69) is 68.4 Å². The molecule has 2 aliphatic rings. The quantitative estimate of drug-likeness (QED) is 0.629. The lowest BCUT2D eigenvalue weighted by molar-refractivity contribution is 0.0163. The summed E-state index contributed by atoms with van der Waals surface area (Å²) in [7, 11) is 0. The van der Waals surface area contributed by atoms with Gasteiger partial charge in [0, 0.05) is 10.8 Å². The predicted molar refractivity (Wildman–Crippen MR) is 93.7 cm³/mol. The molecule has 1 saturated heterocycles. The Kier molecular flexibility index (Phi) is 3.19. The molecule has 0 bridgehead atoms. The van der Waals surface area contributed by atoms with Crippen molar-refractivity contribution in [1.82, 2.24) is 0 Å². The van der Waals surface area contributed by atoms with Crippen LogP contribution in [0.15, 0.2) is 6.07 Å². The van der Waals surface area contributed by atoms with Crippen LogP contribution in [0.25, 0.3) is 0 Å². The Morgan fingerprint density at radius 1 is 1.05 bits per heavy atom. The molecule has 2 atom stereocenters. The van der Waals surface area contributed by atoms with E-state index in [-0.39, 0.29) is 16.4 Å². The minimum absolute atomic E-state index is 0.00701. The number of fused-ring (bicyclic) bond motifs is 1. The second-order valence-corrected chi connectivity index (χ2v) is 9.11. The number of epoxide rings is 1. The average molecular weight is 300 g/mol. The highest BCUT2D eigenvalue weighted by Gasteiger charge is 2.71. The van der Waals surface area contributed by atoms with Crippen LogP contribution in [0, 0.1) is 32.1 Å². The van der Waals surface area contributed by atoms with Gasteiger partial charge < -0.3 is 4.74 Å². The van der Waals surface area contributed by atoms with Crippen molar-refractivity contribution in [2.45, 2.75) is 79.2 Å². The summed E-state index contributed by atoms with van der Waals surface area (Å²) in [6.45, 7) is 22.2. The molecule has 3 rings (SSSR count). The molecule has 2 unspecified atom stereocenters. The van der Waals surface area contributed by atoms with Crippen LogP contribution in [0.1, 0.15) is 75.3 Å². The lowest BCUT2D eigenvalue weighted by Crippen LogP contribution is -2.56. The molecule has 22 heavy (non-hydrogen) atoms. The van der Waals surface area contributed by atoms with Crippen molar-refractivity contribution < 1.29 is 4.74 Å². The summed E-state index contributed by atoms with van der Waals surface area (Å²) in [4.78, 5) is 0. The third-order valence-corrected chi connectivity index (χ3v) is 6.96. The normalized spacial score (nSPS) is 31.5. The predicted octanol–water partition coefficient (Wildman–Crippen LogP) is 5.44. The molecule has 1 spiro atoms. The van der Waals surface area contributed by atoms with Crippen molar-refractivity contribution in [2.75, 3.05) is 6.61 Å². The maximum absolute atomic E-state index is 6.24. The van der Waals surface area contributed by atoms with Crippen molar-refractivity contribution in [3.05, 3.63) is 33.9 Å². The number of hydrogen-bond acceptors (Lipinski definition) is 1. The Morgan fingerprint density at radius 3 is 2.05 bits per heavy atom. The van der Waals surface area contributed by atoms with Crippen molar-refractivity contribution >= 4 is 0 Å². The lowest BCUT2D eigenvalue weighted by Gasteiger charge is -2.55. The largest absolute Gasteiger partial charge is 0.368 e. The topological polar surface area (TPSA) is 12.5 Å². The van der Waals surface area contributed by atoms with Gasteiger partial charge in [-0.15, -0.1) is 0 Å². The zero-order valence-electron chi connectivity index (χ0n) is 15.8. The number of aryl methyl sites for hydroxylation is 2. The molecule has 0 saturated carbocycles. The van der Waals surface area contributed by atoms with E-state index in [1.54, 1.807) is 11.1 Å². The Hall–Kier alpha value is -0.820. The van der Waals surface area contributed by atoms with Gasteiger partial charge in [-0.1, -0.05) is 47.6 Å². The van der Waals surface area contributed by atoms with Crippen molar-refractivity contribution in [3.8, 4) is 0 Å². The Balaban J connectivity index is 2.43. The van der Waals surface area contributed by atoms with Gasteiger partial charge in [0.2, 0.25) is 0 Å². The van der Waals surface area contributed by atoms with E-state index < -0.39 is 0 Å². The highest BCUT2D eigenvalue weighted by molar-refractivity contribution is 5.56. The summed E-state index contributed by atoms with van der Waals surface area (Å²) in [5.41, 5.74) is 7.75. The number of rotatable bonds is 1. The lowest BCUT2D eigenvalue weighted by atomic mass is 9.48. The summed E-state index contributed by atoms with van der Waals surface area (Å²) in [6.07, 6.45) is 0. The van der Waals surface area contributed by atoms with E-state index >= 15 is 0 Å². The molecular weight excluding hydrogens is 268 g/mol. The standard InChI is InChI=1S/C21H32O/c1-12(2)17-16-14(4)10-13(3)15(5)18(16)20(8,9)21(11-22-21)19(17,6)7/h10,12,17H,11H2,1-9H3. The summed E-state index contributed by atoms with van der Waals surface area (Å²) in [5.74, 6) is 1.17. The average Bonchev–Trinajstić information content (AvgIpc) is 3.15. The maximum atomic E-state index is 6.24. The van der Waals surface area contributed by atoms with Crippen LogP contribution >= 0.6 is 0 Å². The van der Waals surface area contributed by atoms with Crippen LogP contribution in [0.3, 0.4) is 0 Å². The second kappa shape index (κ2) is 4.38. The molecule has 1 heterocycles. The van der Waals surface area contributed by atoms with Crippen molar-refractivity contribution in [3.63, 3.8) is 0 Å². The SMILES string of the molecule is Cc1cc(C)c2c(c1C)C(C)(C)C1(CO1)C(C)(C)C2C(C)C. The van der Waals surface area contributed by atoms with Crippen LogP contribution in [0.2, 0.25) is 0 Å². The van der Waals surface area contributed by atoms with Gasteiger partial charge >= 0.3 is 0 Å². The molecule has 1 heteroatoms. The summed E-state index contributed by atoms with van der Waals surface area (Å²) in [5, 5.41) is 0. The van der Waals surface area contributed by atoms with Gasteiger partial charge in [0.25, 0.3) is 0 Å². The first-order valence-corrected chi connectivity index (χ1v) is 8.74. The van der Waals surface area contributed by atoms with Crippen LogP contribution in [0.4, 0.5) is 0 Å². The zero-order valence-corrected chi connectivity index (χ0v) is 15.8. The van der Waals surface area contributed by atoms with Gasteiger partial charge in [-0.2, -0.15) is 0 Å². The van der Waals surface area contributed by atoms with Crippen molar-refractivity contribution in [1.29, 1.82) is 0 Å². The third-order valence-electron chi connectivity index (χ3n) is 6.96. The first-order valence-electron chi connectivity index (χ1n) is 8.74. The molecule has 0 N–H and O–H groups in total. The van der Waals surface area contributed by atoms with E-state index in [0.29, 0.717) is 11.8 Å². The Morgan fingerprint density at radius 2 is 1.59 bits per heavy atom. The highest BCUT2D eigenvalue weighted by atomic mass is 16.6. The molecule has 1 aromatic carbocycles. The Labute approximate surface area is 136 Å². The number of ether oxygens (including phenoxy) is 1. The molecule has 1 aromatic rings. The van der Waals surface area contributed by atoms with Crippen LogP contribution in [0.5, 0.6) is 0 Å². The third kappa shape index (κ3) is 1.64. The monoisotopic (exact) mass is 300 g/mol. The van der Waals surface area contributed by atoms with Gasteiger partial charge in [-0.25, -0.2) is 0 Å². The molecule has 0 aromatic heterocycles. The minimum Gasteiger partial charge on any atom is -0.368 e. The van der Waals surface area contributed by atoms with Crippen LogP contribution in [-0.4, -0.2) is 12.2 Å². The van der Waals surface area contributed by atoms with E-state index in [1.165, 1.54) is 16.7 Å². The van der Waals surface area contributed by atoms with Gasteiger partial charge in [0.15, 0.2) is 0 Å². The highest BCUT2D eigenvalue weighted by Crippen LogP contribution is 2.68. The fourth-order valence-electron chi connectivity index (χ4n) is 5.90. The fourth-order valence-corrected chi connectivity index (χ4v) is 5.90. The molecule has 1 nitrogen and oxygen atoms in total. The maximum Gasteiger partial charge on any atom is 0.106 e. The smallest absolute Gasteiger partial charge is 0.106 e. The van der Waals surface area contributed by atoms with E-state index in [0.717, 1.165) is 6.61 Å². The van der Waals surface area contributed by atoms with E-state index in [9.17, 15) is 0 Å². The van der Waals surface area contributed by atoms with Crippen LogP contribution in [-0.2, 0) is 10.2 Å². The molecule has 0 radical (unpaired) electrons.